The number of nitriles is 1. The van der Waals surface area contributed by atoms with E-state index in [9.17, 15) is 9.90 Å². The van der Waals surface area contributed by atoms with E-state index in [1.807, 2.05) is 0 Å². The number of nitrogens with zero attached hydrogens (tertiary/aromatic N) is 2. The number of hydrogen-bond donors (Lipinski definition) is 1. The highest BCUT2D eigenvalue weighted by molar-refractivity contribution is 7.17. The summed E-state index contributed by atoms with van der Waals surface area (Å²) in [5.41, 5.74) is -0.00477. The minimum atomic E-state index is -0.462. The van der Waals surface area contributed by atoms with Crippen LogP contribution >= 0.6 is 11.3 Å². The molecule has 0 aromatic carbocycles. The van der Waals surface area contributed by atoms with Crippen LogP contribution in [0.3, 0.4) is 0 Å². The van der Waals surface area contributed by atoms with E-state index < -0.39 is 5.56 Å². The van der Waals surface area contributed by atoms with Crippen molar-refractivity contribution < 1.29 is 5.11 Å². The molecule has 0 radical (unpaired) electrons. The van der Waals surface area contributed by atoms with E-state index >= 15 is 0 Å². The topological polar surface area (TPSA) is 66.0 Å². The minimum absolute atomic E-state index is 0.192. The zero-order chi connectivity index (χ0) is 10.3. The van der Waals surface area contributed by atoms with Crippen molar-refractivity contribution in [2.45, 2.75) is 0 Å². The number of aromatic nitrogens is 1. The van der Waals surface area contributed by atoms with Crippen LogP contribution in [0.15, 0.2) is 16.2 Å². The quantitative estimate of drug-likeness (QED) is 0.703. The highest BCUT2D eigenvalue weighted by Crippen LogP contribution is 2.29. The van der Waals surface area contributed by atoms with Crippen molar-refractivity contribution in [3.63, 3.8) is 0 Å². The van der Waals surface area contributed by atoms with Crippen LogP contribution in [0.5, 0.6) is 5.75 Å². The number of fused-ring (bicyclic) bond motifs is 1. The Balaban J connectivity index is 3.12. The maximum Gasteiger partial charge on any atom is 0.272 e. The molecular formula is C9H6N2O2S. The molecule has 0 aliphatic carbocycles. The van der Waals surface area contributed by atoms with Crippen LogP contribution in [0.4, 0.5) is 0 Å². The smallest absolute Gasteiger partial charge is 0.272 e. The van der Waals surface area contributed by atoms with Crippen LogP contribution in [0.1, 0.15) is 5.56 Å². The number of rotatable bonds is 0. The molecule has 14 heavy (non-hydrogen) atoms. The Hall–Kier alpha value is -1.80. The number of hydrogen-bond acceptors (Lipinski definition) is 4. The van der Waals surface area contributed by atoms with E-state index in [-0.39, 0.29) is 11.3 Å². The van der Waals surface area contributed by atoms with Crippen molar-refractivity contribution >= 4 is 21.6 Å². The highest BCUT2D eigenvalue weighted by Gasteiger charge is 2.14. The third-order valence-electron chi connectivity index (χ3n) is 2.09. The van der Waals surface area contributed by atoms with Crippen LogP contribution in [0, 0.1) is 11.3 Å². The van der Waals surface area contributed by atoms with Gasteiger partial charge >= 0.3 is 0 Å². The first kappa shape index (κ1) is 8.78. The normalized spacial score (nSPS) is 10.3. The number of aryl methyl sites for hydroxylation is 1. The van der Waals surface area contributed by atoms with Gasteiger partial charge in [-0.25, -0.2) is 0 Å². The van der Waals surface area contributed by atoms with E-state index in [0.29, 0.717) is 10.2 Å². The third kappa shape index (κ3) is 0.947. The summed E-state index contributed by atoms with van der Waals surface area (Å²) in [6.45, 7) is 0. The predicted molar refractivity (Wildman–Crippen MR) is 53.4 cm³/mol. The van der Waals surface area contributed by atoms with Gasteiger partial charge in [0.05, 0.1) is 10.2 Å². The molecule has 0 saturated carbocycles. The van der Waals surface area contributed by atoms with Gasteiger partial charge in [0.2, 0.25) is 0 Å². The molecule has 1 N–H and O–H groups in total. The summed E-state index contributed by atoms with van der Waals surface area (Å²) in [5, 5.41) is 20.1. The molecule has 2 aromatic rings. The summed E-state index contributed by atoms with van der Waals surface area (Å²) in [7, 11) is 1.58. The molecule has 2 aromatic heterocycles. The Morgan fingerprint density at radius 3 is 3.00 bits per heavy atom. The van der Waals surface area contributed by atoms with Crippen molar-refractivity contribution in [3.8, 4) is 11.8 Å². The summed E-state index contributed by atoms with van der Waals surface area (Å²) >= 11 is 1.31. The van der Waals surface area contributed by atoms with Crippen LogP contribution in [0.2, 0.25) is 0 Å². The van der Waals surface area contributed by atoms with Crippen molar-refractivity contribution in [3.05, 3.63) is 27.4 Å². The van der Waals surface area contributed by atoms with Gasteiger partial charge < -0.3 is 9.67 Å². The summed E-state index contributed by atoms with van der Waals surface area (Å²) < 4.78 is 1.94. The summed E-state index contributed by atoms with van der Waals surface area (Å²) in [6, 6.07) is 3.45. The standard InChI is InChI=1S/C9H6N2O2S/c1-11-6-2-3-14-8(6)7(12)5(4-10)9(11)13/h2-3,12H,1H3. The first-order chi connectivity index (χ1) is 6.66. The molecular weight excluding hydrogens is 200 g/mol. The van der Waals surface area contributed by atoms with E-state index in [0.717, 1.165) is 0 Å². The van der Waals surface area contributed by atoms with E-state index in [1.54, 1.807) is 24.6 Å². The molecule has 0 aliphatic rings. The maximum atomic E-state index is 11.5. The molecule has 0 unspecified atom stereocenters. The number of pyridine rings is 1. The van der Waals surface area contributed by atoms with Gasteiger partial charge in [-0.15, -0.1) is 11.3 Å². The molecule has 5 heteroatoms. The van der Waals surface area contributed by atoms with Crippen LogP contribution in [0.25, 0.3) is 10.2 Å². The molecule has 0 aliphatic heterocycles. The Labute approximate surface area is 83.3 Å². The van der Waals surface area contributed by atoms with Crippen LogP contribution in [-0.2, 0) is 7.05 Å². The summed E-state index contributed by atoms with van der Waals surface area (Å²) in [6.07, 6.45) is 0. The van der Waals surface area contributed by atoms with Crippen molar-refractivity contribution in [2.24, 2.45) is 7.05 Å². The van der Waals surface area contributed by atoms with Gasteiger partial charge in [0.15, 0.2) is 11.3 Å². The van der Waals surface area contributed by atoms with Gasteiger partial charge in [-0.1, -0.05) is 0 Å². The highest BCUT2D eigenvalue weighted by atomic mass is 32.1. The molecule has 0 spiro atoms. The fourth-order valence-corrected chi connectivity index (χ4v) is 2.21. The molecule has 0 saturated heterocycles. The maximum absolute atomic E-state index is 11.5. The first-order valence-electron chi connectivity index (χ1n) is 3.86. The first-order valence-corrected chi connectivity index (χ1v) is 4.74. The van der Waals surface area contributed by atoms with E-state index in [2.05, 4.69) is 0 Å². The zero-order valence-corrected chi connectivity index (χ0v) is 8.13. The Morgan fingerprint density at radius 1 is 1.64 bits per heavy atom. The number of aromatic hydroxyl groups is 1. The summed E-state index contributed by atoms with van der Waals surface area (Å²) in [4.78, 5) is 11.5. The molecule has 2 heterocycles. The second kappa shape index (κ2) is 2.86. The van der Waals surface area contributed by atoms with Gasteiger partial charge in [-0.3, -0.25) is 4.79 Å². The molecule has 0 fully saturated rings. The molecule has 4 nitrogen and oxygen atoms in total. The zero-order valence-electron chi connectivity index (χ0n) is 7.31. The Bertz CT molecular complexity index is 604. The fraction of sp³-hybridized carbons (Fsp3) is 0.111. The Kier molecular flexibility index (Phi) is 1.79. The third-order valence-corrected chi connectivity index (χ3v) is 3.00. The largest absolute Gasteiger partial charge is 0.505 e. The molecule has 0 atom stereocenters. The SMILES string of the molecule is Cn1c(=O)c(C#N)c(O)c2sccc21. The average Bonchev–Trinajstić information content (AvgIpc) is 2.64. The predicted octanol–water partition coefficient (Wildman–Crippen LogP) is 1.18. The van der Waals surface area contributed by atoms with Crippen molar-refractivity contribution in [2.75, 3.05) is 0 Å². The monoisotopic (exact) mass is 206 g/mol. The van der Waals surface area contributed by atoms with Gasteiger partial charge in [0.25, 0.3) is 5.56 Å². The lowest BCUT2D eigenvalue weighted by molar-refractivity contribution is 0.478. The molecule has 70 valence electrons. The van der Waals surface area contributed by atoms with Crippen LogP contribution < -0.4 is 5.56 Å². The van der Waals surface area contributed by atoms with Gasteiger partial charge in [0.1, 0.15) is 6.07 Å². The minimum Gasteiger partial charge on any atom is -0.505 e. The lowest BCUT2D eigenvalue weighted by atomic mass is 10.2. The molecule has 2 rings (SSSR count). The lowest BCUT2D eigenvalue weighted by Gasteiger charge is -2.02. The fourth-order valence-electron chi connectivity index (χ4n) is 1.34. The van der Waals surface area contributed by atoms with Crippen LogP contribution in [-0.4, -0.2) is 9.67 Å². The summed E-state index contributed by atoms with van der Waals surface area (Å²) in [5.74, 6) is -0.208. The Morgan fingerprint density at radius 2 is 2.36 bits per heavy atom. The number of thiophene rings is 1. The lowest BCUT2D eigenvalue weighted by Crippen LogP contribution is -2.19. The van der Waals surface area contributed by atoms with E-state index in [4.69, 9.17) is 5.26 Å². The second-order valence-corrected chi connectivity index (χ2v) is 3.75. The van der Waals surface area contributed by atoms with Gasteiger partial charge in [0, 0.05) is 7.05 Å². The molecule has 0 amide bonds. The molecule has 0 bridgehead atoms. The van der Waals surface area contributed by atoms with Crippen molar-refractivity contribution in [1.82, 2.24) is 4.57 Å². The van der Waals surface area contributed by atoms with Gasteiger partial charge in [-0.2, -0.15) is 5.26 Å². The van der Waals surface area contributed by atoms with E-state index in [1.165, 1.54) is 15.9 Å². The van der Waals surface area contributed by atoms with Gasteiger partial charge in [-0.05, 0) is 11.4 Å². The average molecular weight is 206 g/mol. The van der Waals surface area contributed by atoms with Crippen molar-refractivity contribution in [1.29, 1.82) is 5.26 Å². The second-order valence-electron chi connectivity index (χ2n) is 2.83.